The third-order valence-corrected chi connectivity index (χ3v) is 2.58. The first kappa shape index (κ1) is 11.9. The van der Waals surface area contributed by atoms with Crippen LogP contribution in [0.25, 0.3) is 0 Å². The maximum absolute atomic E-state index is 11.8. The Morgan fingerprint density at radius 3 is 3.06 bits per heavy atom. The minimum Gasteiger partial charge on any atom is -0.348 e. The maximum atomic E-state index is 11.8. The Morgan fingerprint density at radius 1 is 1.56 bits per heavy atom. The minimum absolute atomic E-state index is 0.177. The summed E-state index contributed by atoms with van der Waals surface area (Å²) >= 11 is 0. The summed E-state index contributed by atoms with van der Waals surface area (Å²) in [5.41, 5.74) is 2.74. The summed E-state index contributed by atoms with van der Waals surface area (Å²) in [5.74, 6) is -0.177. The molecule has 0 spiro atoms. The van der Waals surface area contributed by atoms with Gasteiger partial charge in [0.1, 0.15) is 0 Å². The van der Waals surface area contributed by atoms with Crippen molar-refractivity contribution in [3.63, 3.8) is 0 Å². The molecule has 2 aromatic rings. The zero-order chi connectivity index (χ0) is 13.0. The Kier molecular flexibility index (Phi) is 3.39. The van der Waals surface area contributed by atoms with Crippen LogP contribution in [0.15, 0.2) is 30.5 Å². The van der Waals surface area contributed by atoms with E-state index in [2.05, 4.69) is 21.6 Å². The quantitative estimate of drug-likeness (QED) is 0.853. The van der Waals surface area contributed by atoms with Crippen molar-refractivity contribution in [2.24, 2.45) is 0 Å². The highest BCUT2D eigenvalue weighted by Gasteiger charge is 2.09. The van der Waals surface area contributed by atoms with E-state index in [1.807, 2.05) is 6.07 Å². The molecule has 0 atom stereocenters. The van der Waals surface area contributed by atoms with Crippen molar-refractivity contribution in [1.29, 1.82) is 5.26 Å². The van der Waals surface area contributed by atoms with Crippen LogP contribution in [0.4, 0.5) is 0 Å². The Balaban J connectivity index is 2.02. The normalized spacial score (nSPS) is 9.78. The largest absolute Gasteiger partial charge is 0.348 e. The summed E-state index contributed by atoms with van der Waals surface area (Å²) in [6, 6.07) is 9.20. The lowest BCUT2D eigenvalue weighted by molar-refractivity contribution is 0.0950. The molecule has 2 N–H and O–H groups in total. The van der Waals surface area contributed by atoms with E-state index in [0.717, 1.165) is 11.3 Å². The van der Waals surface area contributed by atoms with Crippen LogP contribution in [0.3, 0.4) is 0 Å². The molecular weight excluding hydrogens is 228 g/mol. The van der Waals surface area contributed by atoms with E-state index in [-0.39, 0.29) is 5.91 Å². The molecule has 0 fully saturated rings. The number of amides is 1. The molecule has 0 aliphatic carbocycles. The predicted octanol–water partition coefficient (Wildman–Crippen LogP) is 1.52. The Hall–Kier alpha value is -2.61. The molecule has 5 nitrogen and oxygen atoms in total. The number of nitrogens with one attached hydrogen (secondary N) is 2. The van der Waals surface area contributed by atoms with Crippen molar-refractivity contribution in [2.45, 2.75) is 13.5 Å². The molecule has 18 heavy (non-hydrogen) atoms. The number of aromatic amines is 1. The number of rotatable bonds is 3. The van der Waals surface area contributed by atoms with Gasteiger partial charge < -0.3 is 5.32 Å². The van der Waals surface area contributed by atoms with Crippen LogP contribution in [-0.4, -0.2) is 16.1 Å². The molecule has 0 saturated carbocycles. The summed E-state index contributed by atoms with van der Waals surface area (Å²) in [4.78, 5) is 11.8. The molecule has 1 heterocycles. The van der Waals surface area contributed by atoms with Crippen molar-refractivity contribution in [3.8, 4) is 6.07 Å². The van der Waals surface area contributed by atoms with Gasteiger partial charge in [-0.05, 0) is 24.6 Å². The number of hydrogen-bond donors (Lipinski definition) is 2. The number of aryl methyl sites for hydroxylation is 1. The van der Waals surface area contributed by atoms with Crippen LogP contribution in [0.2, 0.25) is 0 Å². The molecule has 0 aliphatic rings. The van der Waals surface area contributed by atoms with Gasteiger partial charge >= 0.3 is 0 Å². The average molecular weight is 240 g/mol. The summed E-state index contributed by atoms with van der Waals surface area (Å²) in [7, 11) is 0. The van der Waals surface area contributed by atoms with Crippen LogP contribution >= 0.6 is 0 Å². The number of aromatic nitrogens is 2. The van der Waals surface area contributed by atoms with Gasteiger partial charge in [0.15, 0.2) is 0 Å². The SMILES string of the molecule is Cc1[nH]ncc1C(=O)NCc1cccc(C#N)c1. The molecule has 0 radical (unpaired) electrons. The second kappa shape index (κ2) is 5.15. The number of nitriles is 1. The van der Waals surface area contributed by atoms with E-state index >= 15 is 0 Å². The van der Waals surface area contributed by atoms with Gasteiger partial charge in [0.25, 0.3) is 5.91 Å². The predicted molar refractivity (Wildman–Crippen MR) is 65.7 cm³/mol. The molecule has 0 aliphatic heterocycles. The van der Waals surface area contributed by atoms with Gasteiger partial charge in [0, 0.05) is 12.2 Å². The summed E-state index contributed by atoms with van der Waals surface area (Å²) in [6.07, 6.45) is 1.50. The average Bonchev–Trinajstić information content (AvgIpc) is 2.82. The van der Waals surface area contributed by atoms with Gasteiger partial charge in [-0.2, -0.15) is 10.4 Å². The number of H-pyrrole nitrogens is 1. The first-order valence-electron chi connectivity index (χ1n) is 5.48. The second-order valence-corrected chi connectivity index (χ2v) is 3.90. The van der Waals surface area contributed by atoms with Gasteiger partial charge in [-0.1, -0.05) is 12.1 Å². The minimum atomic E-state index is -0.177. The molecule has 0 saturated heterocycles. The second-order valence-electron chi connectivity index (χ2n) is 3.90. The molecule has 90 valence electrons. The zero-order valence-corrected chi connectivity index (χ0v) is 9.90. The Bertz CT molecular complexity index is 609. The standard InChI is InChI=1S/C13H12N4O/c1-9-12(8-16-17-9)13(18)15-7-11-4-2-3-10(5-11)6-14/h2-5,8H,7H2,1H3,(H,15,18)(H,16,17). The van der Waals surface area contributed by atoms with Crippen LogP contribution in [0.5, 0.6) is 0 Å². The van der Waals surface area contributed by atoms with E-state index in [0.29, 0.717) is 17.7 Å². The fraction of sp³-hybridized carbons (Fsp3) is 0.154. The lowest BCUT2D eigenvalue weighted by atomic mass is 10.1. The van der Waals surface area contributed by atoms with Crippen molar-refractivity contribution in [3.05, 3.63) is 52.8 Å². The van der Waals surface area contributed by atoms with Gasteiger partial charge in [0.05, 0.1) is 23.4 Å². The third-order valence-electron chi connectivity index (χ3n) is 2.58. The molecule has 1 aromatic heterocycles. The number of benzene rings is 1. The van der Waals surface area contributed by atoms with Crippen LogP contribution in [-0.2, 0) is 6.54 Å². The number of nitrogens with zero attached hydrogens (tertiary/aromatic N) is 2. The number of carbonyl (C=O) groups excluding carboxylic acids is 1. The highest BCUT2D eigenvalue weighted by molar-refractivity contribution is 5.94. The molecule has 0 bridgehead atoms. The van der Waals surface area contributed by atoms with Crippen LogP contribution in [0, 0.1) is 18.3 Å². The molecular formula is C13H12N4O. The Labute approximate surface area is 104 Å². The number of hydrogen-bond acceptors (Lipinski definition) is 3. The topological polar surface area (TPSA) is 81.6 Å². The van der Waals surface area contributed by atoms with E-state index in [4.69, 9.17) is 5.26 Å². The smallest absolute Gasteiger partial charge is 0.255 e. The van der Waals surface area contributed by atoms with Gasteiger partial charge in [-0.15, -0.1) is 0 Å². The maximum Gasteiger partial charge on any atom is 0.255 e. The van der Waals surface area contributed by atoms with Crippen molar-refractivity contribution >= 4 is 5.91 Å². The van der Waals surface area contributed by atoms with Crippen LogP contribution < -0.4 is 5.32 Å². The van der Waals surface area contributed by atoms with Crippen molar-refractivity contribution in [2.75, 3.05) is 0 Å². The molecule has 1 amide bonds. The summed E-state index contributed by atoms with van der Waals surface area (Å²) < 4.78 is 0. The van der Waals surface area contributed by atoms with Crippen molar-refractivity contribution < 1.29 is 4.79 Å². The fourth-order valence-electron chi connectivity index (χ4n) is 1.61. The van der Waals surface area contributed by atoms with E-state index in [1.165, 1.54) is 6.20 Å². The van der Waals surface area contributed by atoms with Gasteiger partial charge in [-0.3, -0.25) is 9.89 Å². The van der Waals surface area contributed by atoms with Gasteiger partial charge in [0.2, 0.25) is 0 Å². The van der Waals surface area contributed by atoms with E-state index in [9.17, 15) is 4.79 Å². The summed E-state index contributed by atoms with van der Waals surface area (Å²) in [5, 5.41) is 18.1. The highest BCUT2D eigenvalue weighted by Crippen LogP contribution is 2.06. The van der Waals surface area contributed by atoms with E-state index in [1.54, 1.807) is 25.1 Å². The zero-order valence-electron chi connectivity index (χ0n) is 9.90. The van der Waals surface area contributed by atoms with Crippen LogP contribution in [0.1, 0.15) is 27.2 Å². The number of carbonyl (C=O) groups is 1. The summed E-state index contributed by atoms with van der Waals surface area (Å²) in [6.45, 7) is 2.18. The van der Waals surface area contributed by atoms with Crippen molar-refractivity contribution in [1.82, 2.24) is 15.5 Å². The van der Waals surface area contributed by atoms with E-state index < -0.39 is 0 Å². The monoisotopic (exact) mass is 240 g/mol. The molecule has 2 rings (SSSR count). The third kappa shape index (κ3) is 2.55. The molecule has 0 unspecified atom stereocenters. The Morgan fingerprint density at radius 2 is 2.39 bits per heavy atom. The molecule has 5 heteroatoms. The van der Waals surface area contributed by atoms with Gasteiger partial charge in [-0.25, -0.2) is 0 Å². The highest BCUT2D eigenvalue weighted by atomic mass is 16.1. The fourth-order valence-corrected chi connectivity index (χ4v) is 1.61. The lowest BCUT2D eigenvalue weighted by Gasteiger charge is -2.04. The first-order valence-corrected chi connectivity index (χ1v) is 5.48. The molecule has 1 aromatic carbocycles. The lowest BCUT2D eigenvalue weighted by Crippen LogP contribution is -2.23. The first-order chi connectivity index (χ1) is 8.70.